The second kappa shape index (κ2) is 6.13. The highest BCUT2D eigenvalue weighted by molar-refractivity contribution is 5.92. The van der Waals surface area contributed by atoms with Gasteiger partial charge >= 0.3 is 0 Å². The number of nitrogens with zero attached hydrogens (tertiary/aromatic N) is 2. The van der Waals surface area contributed by atoms with E-state index in [-0.39, 0.29) is 5.91 Å². The van der Waals surface area contributed by atoms with Crippen LogP contribution in [0.3, 0.4) is 0 Å². The van der Waals surface area contributed by atoms with Crippen molar-refractivity contribution in [2.45, 2.75) is 39.3 Å². The predicted molar refractivity (Wildman–Crippen MR) is 85.8 cm³/mol. The predicted octanol–water partition coefficient (Wildman–Crippen LogP) is 2.60. The van der Waals surface area contributed by atoms with Gasteiger partial charge in [-0.05, 0) is 37.8 Å². The van der Waals surface area contributed by atoms with Gasteiger partial charge in [0.1, 0.15) is 17.3 Å². The first-order chi connectivity index (χ1) is 10.6. The van der Waals surface area contributed by atoms with Gasteiger partial charge in [0.05, 0.1) is 0 Å². The van der Waals surface area contributed by atoms with Crippen LogP contribution in [0.15, 0.2) is 30.3 Å². The van der Waals surface area contributed by atoms with Gasteiger partial charge in [0.15, 0.2) is 0 Å². The summed E-state index contributed by atoms with van der Waals surface area (Å²) in [5.41, 5.74) is 2.68. The molecule has 1 amide bonds. The SMILES string of the molecule is Cc1nc(NC2CC2)cc(C(=O)NCc2ccccc2C)n1. The lowest BCUT2D eigenvalue weighted by Crippen LogP contribution is -2.25. The molecule has 5 heteroatoms. The zero-order chi connectivity index (χ0) is 15.5. The number of benzene rings is 1. The third-order valence-corrected chi connectivity index (χ3v) is 3.70. The molecule has 22 heavy (non-hydrogen) atoms. The van der Waals surface area contributed by atoms with E-state index in [1.165, 1.54) is 0 Å². The lowest BCUT2D eigenvalue weighted by molar-refractivity contribution is 0.0945. The van der Waals surface area contributed by atoms with Gasteiger partial charge in [0.25, 0.3) is 5.91 Å². The number of nitrogens with one attached hydrogen (secondary N) is 2. The molecule has 0 aliphatic heterocycles. The zero-order valence-electron chi connectivity index (χ0n) is 12.9. The molecule has 0 bridgehead atoms. The Labute approximate surface area is 130 Å². The molecule has 0 saturated heterocycles. The van der Waals surface area contributed by atoms with Gasteiger partial charge in [0.2, 0.25) is 0 Å². The van der Waals surface area contributed by atoms with Crippen LogP contribution in [0, 0.1) is 13.8 Å². The minimum absolute atomic E-state index is 0.174. The summed E-state index contributed by atoms with van der Waals surface area (Å²) in [6.07, 6.45) is 2.33. The fraction of sp³-hybridized carbons (Fsp3) is 0.353. The van der Waals surface area contributed by atoms with E-state index in [1.807, 2.05) is 31.2 Å². The topological polar surface area (TPSA) is 66.9 Å². The van der Waals surface area contributed by atoms with Crippen molar-refractivity contribution in [1.82, 2.24) is 15.3 Å². The number of carbonyl (C=O) groups is 1. The molecule has 0 atom stereocenters. The zero-order valence-corrected chi connectivity index (χ0v) is 12.9. The maximum atomic E-state index is 12.3. The number of aromatic nitrogens is 2. The number of anilines is 1. The first-order valence-electron chi connectivity index (χ1n) is 7.57. The van der Waals surface area contributed by atoms with Crippen LogP contribution in [-0.4, -0.2) is 21.9 Å². The molecule has 1 aromatic carbocycles. The second-order valence-electron chi connectivity index (χ2n) is 5.71. The van der Waals surface area contributed by atoms with Crippen molar-refractivity contribution >= 4 is 11.7 Å². The fourth-order valence-electron chi connectivity index (χ4n) is 2.27. The van der Waals surface area contributed by atoms with E-state index in [0.717, 1.165) is 29.8 Å². The van der Waals surface area contributed by atoms with Crippen LogP contribution >= 0.6 is 0 Å². The summed E-state index contributed by atoms with van der Waals surface area (Å²) in [6, 6.07) is 10.2. The lowest BCUT2D eigenvalue weighted by atomic mass is 10.1. The summed E-state index contributed by atoms with van der Waals surface area (Å²) in [7, 11) is 0. The first-order valence-corrected chi connectivity index (χ1v) is 7.57. The van der Waals surface area contributed by atoms with Crippen molar-refractivity contribution < 1.29 is 4.79 Å². The Morgan fingerprint density at radius 3 is 2.73 bits per heavy atom. The molecule has 1 aliphatic carbocycles. The standard InChI is InChI=1S/C17H20N4O/c1-11-5-3-4-6-13(11)10-18-17(22)15-9-16(20-12(2)19-15)21-14-7-8-14/h3-6,9,14H,7-8,10H2,1-2H3,(H,18,22)(H,19,20,21). The maximum absolute atomic E-state index is 12.3. The van der Waals surface area contributed by atoms with Crippen LogP contribution < -0.4 is 10.6 Å². The molecule has 2 aromatic rings. The number of hydrogen-bond acceptors (Lipinski definition) is 4. The van der Waals surface area contributed by atoms with Crippen LogP contribution in [0.1, 0.15) is 40.3 Å². The van der Waals surface area contributed by atoms with E-state index in [9.17, 15) is 4.79 Å². The summed E-state index contributed by atoms with van der Waals surface area (Å²) in [4.78, 5) is 20.9. The van der Waals surface area contributed by atoms with Gasteiger partial charge in [-0.3, -0.25) is 4.79 Å². The van der Waals surface area contributed by atoms with Gasteiger partial charge in [-0.15, -0.1) is 0 Å². The number of hydrogen-bond donors (Lipinski definition) is 2. The van der Waals surface area contributed by atoms with Crippen LogP contribution in [0.4, 0.5) is 5.82 Å². The van der Waals surface area contributed by atoms with Crippen LogP contribution in [0.2, 0.25) is 0 Å². The molecular formula is C17H20N4O. The summed E-state index contributed by atoms with van der Waals surface area (Å²) >= 11 is 0. The average molecular weight is 296 g/mol. The normalized spacial score (nSPS) is 13.7. The van der Waals surface area contributed by atoms with Gasteiger partial charge in [-0.1, -0.05) is 24.3 Å². The van der Waals surface area contributed by atoms with Crippen molar-refractivity contribution in [1.29, 1.82) is 0 Å². The molecule has 2 N–H and O–H groups in total. The Morgan fingerprint density at radius 2 is 2.00 bits per heavy atom. The fourth-order valence-corrected chi connectivity index (χ4v) is 2.27. The molecule has 1 fully saturated rings. The molecule has 1 aliphatic rings. The molecule has 1 saturated carbocycles. The molecule has 3 rings (SSSR count). The Kier molecular flexibility index (Phi) is 4.04. The van der Waals surface area contributed by atoms with E-state index < -0.39 is 0 Å². The van der Waals surface area contributed by atoms with Crippen molar-refractivity contribution in [2.24, 2.45) is 0 Å². The highest BCUT2D eigenvalue weighted by Crippen LogP contribution is 2.23. The van der Waals surface area contributed by atoms with E-state index in [1.54, 1.807) is 13.0 Å². The monoisotopic (exact) mass is 296 g/mol. The largest absolute Gasteiger partial charge is 0.367 e. The smallest absolute Gasteiger partial charge is 0.270 e. The van der Waals surface area contributed by atoms with Crippen molar-refractivity contribution in [3.05, 3.63) is 53.0 Å². The molecule has 0 unspecified atom stereocenters. The van der Waals surface area contributed by atoms with Crippen LogP contribution in [0.5, 0.6) is 0 Å². The third kappa shape index (κ3) is 3.61. The summed E-state index contributed by atoms with van der Waals surface area (Å²) in [5, 5.41) is 6.23. The molecule has 1 heterocycles. The molecule has 0 spiro atoms. The second-order valence-corrected chi connectivity index (χ2v) is 5.71. The number of carbonyl (C=O) groups excluding carboxylic acids is 1. The Morgan fingerprint density at radius 1 is 1.23 bits per heavy atom. The molecular weight excluding hydrogens is 276 g/mol. The Balaban J connectivity index is 1.68. The van der Waals surface area contributed by atoms with E-state index in [4.69, 9.17) is 0 Å². The number of rotatable bonds is 5. The van der Waals surface area contributed by atoms with Gasteiger partial charge in [-0.2, -0.15) is 0 Å². The summed E-state index contributed by atoms with van der Waals surface area (Å²) in [6.45, 7) is 4.34. The van der Waals surface area contributed by atoms with Crippen molar-refractivity contribution in [3.63, 3.8) is 0 Å². The van der Waals surface area contributed by atoms with Gasteiger partial charge in [-0.25, -0.2) is 9.97 Å². The molecule has 114 valence electrons. The minimum Gasteiger partial charge on any atom is -0.367 e. The van der Waals surface area contributed by atoms with Crippen LogP contribution in [-0.2, 0) is 6.54 Å². The van der Waals surface area contributed by atoms with Crippen molar-refractivity contribution in [2.75, 3.05) is 5.32 Å². The van der Waals surface area contributed by atoms with Gasteiger partial charge in [0, 0.05) is 18.7 Å². The summed E-state index contributed by atoms with van der Waals surface area (Å²) in [5.74, 6) is 1.16. The van der Waals surface area contributed by atoms with E-state index in [2.05, 4.69) is 20.6 Å². The molecule has 5 nitrogen and oxygen atoms in total. The quantitative estimate of drug-likeness (QED) is 0.890. The Bertz CT molecular complexity index is 695. The lowest BCUT2D eigenvalue weighted by Gasteiger charge is -2.09. The van der Waals surface area contributed by atoms with Crippen molar-refractivity contribution in [3.8, 4) is 0 Å². The molecule has 1 aromatic heterocycles. The number of amides is 1. The Hall–Kier alpha value is -2.43. The highest BCUT2D eigenvalue weighted by atomic mass is 16.1. The third-order valence-electron chi connectivity index (χ3n) is 3.70. The maximum Gasteiger partial charge on any atom is 0.270 e. The minimum atomic E-state index is -0.174. The van der Waals surface area contributed by atoms with E-state index >= 15 is 0 Å². The molecule has 0 radical (unpaired) electrons. The summed E-state index contributed by atoms with van der Waals surface area (Å²) < 4.78 is 0. The van der Waals surface area contributed by atoms with Crippen LogP contribution in [0.25, 0.3) is 0 Å². The van der Waals surface area contributed by atoms with Gasteiger partial charge < -0.3 is 10.6 Å². The first kappa shape index (κ1) is 14.5. The number of aryl methyl sites for hydroxylation is 2. The highest BCUT2D eigenvalue weighted by Gasteiger charge is 2.22. The van der Waals surface area contributed by atoms with E-state index in [0.29, 0.717) is 24.1 Å². The average Bonchev–Trinajstić information content (AvgIpc) is 3.29.